The number of hydrogen-bond acceptors (Lipinski definition) is 12. The minimum Gasteiger partial charge on any atom is -0.488 e. The molecule has 1 fully saturated rings. The number of carboxylic acids is 1. The highest BCUT2D eigenvalue weighted by atomic mass is 32.2. The third-order valence-electron chi connectivity index (χ3n) is 11.2. The number of carboxylic acid groups (broad SMARTS) is 1. The third-order valence-corrected chi connectivity index (χ3v) is 12.3. The Labute approximate surface area is 355 Å². The number of rotatable bonds is 16. The zero-order chi connectivity index (χ0) is 43.7. The summed E-state index contributed by atoms with van der Waals surface area (Å²) in [5.41, 5.74) is 8.64. The molecule has 62 heavy (non-hydrogen) atoms. The van der Waals surface area contributed by atoms with E-state index in [0.717, 1.165) is 39.6 Å². The Kier molecular flexibility index (Phi) is 12.1. The van der Waals surface area contributed by atoms with Crippen LogP contribution in [0.1, 0.15) is 53.5 Å². The molecule has 3 aromatic heterocycles. The third kappa shape index (κ3) is 8.89. The van der Waals surface area contributed by atoms with Gasteiger partial charge in [-0.05, 0) is 111 Å². The van der Waals surface area contributed by atoms with Gasteiger partial charge in [-0.3, -0.25) is 14.7 Å². The Hall–Kier alpha value is -6.23. The number of alkyl halides is 2. The number of sulfone groups is 1. The maximum absolute atomic E-state index is 13.6. The molecule has 0 saturated carbocycles. The average Bonchev–Trinajstić information content (AvgIpc) is 3.98. The van der Waals surface area contributed by atoms with Crippen molar-refractivity contribution in [1.29, 1.82) is 0 Å². The second-order valence-corrected chi connectivity index (χ2v) is 17.5. The maximum atomic E-state index is 13.6. The first-order valence-corrected chi connectivity index (χ1v) is 22.0. The van der Waals surface area contributed by atoms with Gasteiger partial charge >= 0.3 is 12.6 Å². The number of aliphatic hydroxyl groups excluding tert-OH is 1. The molecule has 0 spiro atoms. The van der Waals surface area contributed by atoms with Crippen LogP contribution in [0.4, 0.5) is 8.78 Å². The molecular formula is C46H44F2N4O9S. The lowest BCUT2D eigenvalue weighted by Crippen LogP contribution is -2.35. The molecule has 8 rings (SSSR count). The Morgan fingerprint density at radius 3 is 2.08 bits per heavy atom. The summed E-state index contributed by atoms with van der Waals surface area (Å²) >= 11 is 0. The minimum absolute atomic E-state index is 0.0564. The molecule has 0 unspecified atom stereocenters. The van der Waals surface area contributed by atoms with Crippen molar-refractivity contribution in [2.75, 3.05) is 19.4 Å². The normalized spacial score (nSPS) is 14.7. The van der Waals surface area contributed by atoms with E-state index >= 15 is 0 Å². The Morgan fingerprint density at radius 2 is 1.48 bits per heavy atom. The van der Waals surface area contributed by atoms with Crippen molar-refractivity contribution in [3.8, 4) is 45.5 Å². The fourth-order valence-corrected chi connectivity index (χ4v) is 8.67. The van der Waals surface area contributed by atoms with Crippen molar-refractivity contribution in [1.82, 2.24) is 19.9 Å². The van der Waals surface area contributed by atoms with Crippen LogP contribution in [0.15, 0.2) is 92.9 Å². The van der Waals surface area contributed by atoms with Crippen molar-refractivity contribution in [3.63, 3.8) is 0 Å². The first kappa shape index (κ1) is 42.5. The number of pyridine rings is 1. The molecule has 0 radical (unpaired) electrons. The van der Waals surface area contributed by atoms with Gasteiger partial charge in [-0.25, -0.2) is 18.4 Å². The number of nitrogens with zero attached hydrogens (tertiary/aromatic N) is 4. The SMILES string of the molecule is Cc1c(-c2nc3cc(CCCCO)c(OCc4cncc(S(C)(=O)=O)c4)cc3o2)cccc1-c1cccc(-c2nc3cc(CN4CCC[C@H]4C(=O)O)c(OC(F)F)cc3o2)c1C. The lowest BCUT2D eigenvalue weighted by Gasteiger charge is -2.22. The summed E-state index contributed by atoms with van der Waals surface area (Å²) in [6.07, 6.45) is 7.06. The van der Waals surface area contributed by atoms with Crippen molar-refractivity contribution >= 4 is 38.0 Å². The molecule has 4 aromatic carbocycles. The predicted molar refractivity (Wildman–Crippen MR) is 227 cm³/mol. The van der Waals surface area contributed by atoms with Crippen molar-refractivity contribution in [2.45, 2.75) is 76.7 Å². The van der Waals surface area contributed by atoms with Gasteiger partial charge in [-0.2, -0.15) is 8.78 Å². The summed E-state index contributed by atoms with van der Waals surface area (Å²) in [6.45, 7) is 1.59. The molecule has 7 aromatic rings. The van der Waals surface area contributed by atoms with E-state index in [2.05, 4.69) is 4.98 Å². The van der Waals surface area contributed by atoms with E-state index < -0.39 is 28.5 Å². The lowest BCUT2D eigenvalue weighted by molar-refractivity contribution is -0.142. The van der Waals surface area contributed by atoms with Gasteiger partial charge in [0.2, 0.25) is 11.8 Å². The highest BCUT2D eigenvalue weighted by molar-refractivity contribution is 7.90. The number of halogens is 2. The molecule has 4 heterocycles. The zero-order valence-corrected chi connectivity index (χ0v) is 35.0. The number of aromatic nitrogens is 3. The predicted octanol–water partition coefficient (Wildman–Crippen LogP) is 8.93. The van der Waals surface area contributed by atoms with E-state index in [9.17, 15) is 32.2 Å². The van der Waals surface area contributed by atoms with Crippen molar-refractivity contribution < 1.29 is 50.5 Å². The Bertz CT molecular complexity index is 2910. The van der Waals surface area contributed by atoms with Crippen LogP contribution in [0, 0.1) is 13.8 Å². The highest BCUT2D eigenvalue weighted by Gasteiger charge is 2.31. The Morgan fingerprint density at radius 1 is 0.871 bits per heavy atom. The summed E-state index contributed by atoms with van der Waals surface area (Å²) in [5.74, 6) is 0.175. The Balaban J connectivity index is 1.10. The smallest absolute Gasteiger partial charge is 0.387 e. The summed E-state index contributed by atoms with van der Waals surface area (Å²) in [6, 6.07) is 19.1. The second kappa shape index (κ2) is 17.6. The van der Waals surface area contributed by atoms with E-state index in [0.29, 0.717) is 83.6 Å². The van der Waals surface area contributed by atoms with Gasteiger partial charge in [0, 0.05) is 66.2 Å². The summed E-state index contributed by atoms with van der Waals surface area (Å²) in [7, 11) is -3.45. The number of unbranched alkanes of at least 4 members (excludes halogenated alkanes) is 1. The molecule has 16 heteroatoms. The number of ether oxygens (including phenoxy) is 2. The van der Waals surface area contributed by atoms with E-state index in [-0.39, 0.29) is 41.9 Å². The molecule has 0 aliphatic carbocycles. The minimum atomic E-state index is -3.45. The topological polar surface area (TPSA) is 178 Å². The number of aliphatic hydroxyl groups is 1. The fraction of sp³-hybridized carbons (Fsp3) is 0.304. The van der Waals surface area contributed by atoms with Gasteiger partial charge in [-0.15, -0.1) is 0 Å². The van der Waals surface area contributed by atoms with E-state index in [1.54, 1.807) is 23.2 Å². The number of hydrogen-bond donors (Lipinski definition) is 2. The summed E-state index contributed by atoms with van der Waals surface area (Å²) < 4.78 is 75.0. The molecule has 1 aliphatic heterocycles. The standard InChI is InChI=1S/C46H44F2N4O9S/c1-26-32(33-11-7-13-35(27(33)2)44-51-37-19-30(24-52-15-8-14-38(52)45(54)55)40(61-46(47)48)21-42(37)60-44)10-6-12-34(26)43-50-36-18-29(9-4-5-16-53)39(20-41(36)59-43)58-25-28-17-31(23-49-22-28)62(3,56)57/h6-7,10-13,17-23,38,46,53H,4-5,8-9,14-16,24-25H2,1-3H3,(H,54,55)/t38-/m0/s1. The molecule has 0 amide bonds. The van der Waals surface area contributed by atoms with Gasteiger partial charge < -0.3 is 28.5 Å². The van der Waals surface area contributed by atoms with E-state index in [1.165, 1.54) is 18.3 Å². The monoisotopic (exact) mass is 866 g/mol. The number of carbonyl (C=O) groups is 1. The first-order valence-electron chi connectivity index (χ1n) is 20.1. The van der Waals surface area contributed by atoms with Crippen LogP contribution >= 0.6 is 0 Å². The van der Waals surface area contributed by atoms with Gasteiger partial charge in [-0.1, -0.05) is 24.3 Å². The van der Waals surface area contributed by atoms with Gasteiger partial charge in [0.15, 0.2) is 21.0 Å². The number of oxazole rings is 2. The molecule has 322 valence electrons. The van der Waals surface area contributed by atoms with Crippen LogP contribution in [0.5, 0.6) is 11.5 Å². The van der Waals surface area contributed by atoms with Crippen LogP contribution in [0.3, 0.4) is 0 Å². The second-order valence-electron chi connectivity index (χ2n) is 15.5. The number of benzene rings is 4. The van der Waals surface area contributed by atoms with E-state index in [1.807, 2.05) is 56.3 Å². The van der Waals surface area contributed by atoms with Crippen LogP contribution in [-0.2, 0) is 34.2 Å². The number of aryl methyl sites for hydroxylation is 1. The number of likely N-dealkylation sites (tertiary alicyclic amines) is 1. The summed E-state index contributed by atoms with van der Waals surface area (Å²) in [4.78, 5) is 27.4. The largest absolute Gasteiger partial charge is 0.488 e. The maximum Gasteiger partial charge on any atom is 0.387 e. The van der Waals surface area contributed by atoms with Crippen LogP contribution in [0.25, 0.3) is 56.2 Å². The van der Waals surface area contributed by atoms with Crippen LogP contribution < -0.4 is 9.47 Å². The quantitative estimate of drug-likeness (QED) is 0.0881. The molecule has 1 aliphatic rings. The van der Waals surface area contributed by atoms with Crippen molar-refractivity contribution in [3.05, 3.63) is 107 Å². The van der Waals surface area contributed by atoms with Crippen molar-refractivity contribution in [2.24, 2.45) is 0 Å². The molecule has 1 atom stereocenters. The van der Waals surface area contributed by atoms with Crippen LogP contribution in [0.2, 0.25) is 0 Å². The first-order chi connectivity index (χ1) is 29.8. The average molecular weight is 867 g/mol. The molecule has 2 N–H and O–H groups in total. The highest BCUT2D eigenvalue weighted by Crippen LogP contribution is 2.40. The van der Waals surface area contributed by atoms with Crippen LogP contribution in [-0.4, -0.2) is 76.5 Å². The summed E-state index contributed by atoms with van der Waals surface area (Å²) in [5, 5.41) is 19.1. The van der Waals surface area contributed by atoms with Gasteiger partial charge in [0.1, 0.15) is 35.2 Å². The molecule has 13 nitrogen and oxygen atoms in total. The zero-order valence-electron chi connectivity index (χ0n) is 34.2. The van der Waals surface area contributed by atoms with E-state index in [4.69, 9.17) is 28.3 Å². The van der Waals surface area contributed by atoms with Gasteiger partial charge in [0.25, 0.3) is 0 Å². The number of fused-ring (bicyclic) bond motifs is 2. The number of aliphatic carboxylic acids is 1. The van der Waals surface area contributed by atoms with Gasteiger partial charge in [0.05, 0.1) is 4.90 Å². The lowest BCUT2D eigenvalue weighted by atomic mass is 9.91. The molecular weight excluding hydrogens is 823 g/mol. The fourth-order valence-electron chi connectivity index (χ4n) is 8.05. The molecule has 1 saturated heterocycles. The molecule has 0 bridgehead atoms.